The third-order valence-corrected chi connectivity index (χ3v) is 6.27. The van der Waals surface area contributed by atoms with Gasteiger partial charge in [0.15, 0.2) is 0 Å². The summed E-state index contributed by atoms with van der Waals surface area (Å²) in [5.74, 6) is -1.63. The van der Waals surface area contributed by atoms with Gasteiger partial charge in [-0.15, -0.1) is 0 Å². The molecule has 0 aliphatic heterocycles. The monoisotopic (exact) mass is 482 g/mol. The predicted molar refractivity (Wildman–Crippen MR) is 132 cm³/mol. The van der Waals surface area contributed by atoms with Crippen LogP contribution in [-0.4, -0.2) is 53.0 Å². The molecule has 188 valence electrons. The molecule has 0 saturated carbocycles. The molecule has 3 rings (SSSR count). The van der Waals surface area contributed by atoms with E-state index in [2.05, 4.69) is 22.8 Å². The number of carboxylic acid groups (broad SMARTS) is 1. The second kappa shape index (κ2) is 10.5. The molecule has 2 aromatic rings. The largest absolute Gasteiger partial charge is 0.481 e. The number of amides is 2. The van der Waals surface area contributed by atoms with Crippen molar-refractivity contribution in [2.75, 3.05) is 13.2 Å². The number of rotatable bonds is 9. The van der Waals surface area contributed by atoms with Crippen LogP contribution < -0.4 is 10.6 Å². The average Bonchev–Trinajstić information content (AvgIpc) is 3.08. The van der Waals surface area contributed by atoms with Gasteiger partial charge < -0.3 is 25.6 Å². The van der Waals surface area contributed by atoms with Crippen LogP contribution in [0.1, 0.15) is 57.6 Å². The van der Waals surface area contributed by atoms with E-state index in [1.165, 1.54) is 6.92 Å². The number of aliphatic carboxylic acids is 1. The standard InChI is InChI=1S/C27H34N2O6/c1-26(2,3)22(13-23(30)28-16-27(4,34)14-24(31)32)29-25(33)35-15-21-19-11-7-5-9-17(19)18-10-6-8-12-20(18)21/h5-12,21-22,34H,13-16H2,1-4H3,(H,28,30)(H,29,33)(H,31,32). The fourth-order valence-corrected chi connectivity index (χ4v) is 4.29. The summed E-state index contributed by atoms with van der Waals surface area (Å²) in [4.78, 5) is 36.1. The van der Waals surface area contributed by atoms with Crippen LogP contribution in [0.4, 0.5) is 4.79 Å². The smallest absolute Gasteiger partial charge is 0.407 e. The number of nitrogens with one attached hydrogen (secondary N) is 2. The molecule has 1 aliphatic rings. The van der Waals surface area contributed by atoms with Gasteiger partial charge in [0.2, 0.25) is 5.91 Å². The number of carbonyl (C=O) groups is 3. The highest BCUT2D eigenvalue weighted by Gasteiger charge is 2.32. The van der Waals surface area contributed by atoms with E-state index in [4.69, 9.17) is 9.84 Å². The van der Waals surface area contributed by atoms with E-state index in [0.717, 1.165) is 22.3 Å². The van der Waals surface area contributed by atoms with Crippen molar-refractivity contribution in [1.82, 2.24) is 10.6 Å². The summed E-state index contributed by atoms with van der Waals surface area (Å²) in [5, 5.41) is 24.3. The van der Waals surface area contributed by atoms with Crippen LogP contribution >= 0.6 is 0 Å². The van der Waals surface area contributed by atoms with Gasteiger partial charge in [0.1, 0.15) is 6.61 Å². The molecule has 1 aliphatic carbocycles. The van der Waals surface area contributed by atoms with Gasteiger partial charge in [0.05, 0.1) is 12.0 Å². The lowest BCUT2D eigenvalue weighted by molar-refractivity contribution is -0.142. The van der Waals surface area contributed by atoms with Crippen LogP contribution in [0.25, 0.3) is 11.1 Å². The van der Waals surface area contributed by atoms with Gasteiger partial charge in [-0.2, -0.15) is 0 Å². The van der Waals surface area contributed by atoms with Crippen LogP contribution in [0.2, 0.25) is 0 Å². The summed E-state index contributed by atoms with van der Waals surface area (Å²) >= 11 is 0. The van der Waals surface area contributed by atoms with E-state index in [1.54, 1.807) is 0 Å². The number of alkyl carbamates (subject to hydrolysis) is 1. The number of aliphatic hydroxyl groups is 1. The third kappa shape index (κ3) is 6.82. The fourth-order valence-electron chi connectivity index (χ4n) is 4.29. The number of carboxylic acids is 1. The van der Waals surface area contributed by atoms with E-state index in [9.17, 15) is 19.5 Å². The molecule has 35 heavy (non-hydrogen) atoms. The van der Waals surface area contributed by atoms with Crippen molar-refractivity contribution in [3.05, 3.63) is 59.7 Å². The fraction of sp³-hybridized carbons (Fsp3) is 0.444. The first kappa shape index (κ1) is 26.2. The van der Waals surface area contributed by atoms with Crippen LogP contribution in [0.15, 0.2) is 48.5 Å². The highest BCUT2D eigenvalue weighted by molar-refractivity contribution is 5.80. The molecule has 2 unspecified atom stereocenters. The molecule has 8 nitrogen and oxygen atoms in total. The lowest BCUT2D eigenvalue weighted by atomic mass is 9.84. The van der Waals surface area contributed by atoms with Crippen LogP contribution in [0.5, 0.6) is 0 Å². The Labute approximate surface area is 205 Å². The van der Waals surface area contributed by atoms with Gasteiger partial charge in [-0.05, 0) is 34.6 Å². The van der Waals surface area contributed by atoms with Gasteiger partial charge in [-0.3, -0.25) is 9.59 Å². The molecule has 0 bridgehead atoms. The highest BCUT2D eigenvalue weighted by atomic mass is 16.5. The van der Waals surface area contributed by atoms with Crippen LogP contribution in [-0.2, 0) is 14.3 Å². The Bertz CT molecular complexity index is 1040. The number of hydrogen-bond acceptors (Lipinski definition) is 5. The summed E-state index contributed by atoms with van der Waals surface area (Å²) in [5.41, 5.74) is 2.48. The van der Waals surface area contributed by atoms with Crippen LogP contribution in [0.3, 0.4) is 0 Å². The van der Waals surface area contributed by atoms with Crippen molar-refractivity contribution in [1.29, 1.82) is 0 Å². The molecule has 0 spiro atoms. The van der Waals surface area contributed by atoms with E-state index in [0.29, 0.717) is 0 Å². The van der Waals surface area contributed by atoms with E-state index >= 15 is 0 Å². The van der Waals surface area contributed by atoms with E-state index in [-0.39, 0.29) is 25.5 Å². The Kier molecular flexibility index (Phi) is 7.85. The summed E-state index contributed by atoms with van der Waals surface area (Å²) in [7, 11) is 0. The molecule has 8 heteroatoms. The van der Waals surface area contributed by atoms with Crippen LogP contribution in [0, 0.1) is 5.41 Å². The summed E-state index contributed by atoms with van der Waals surface area (Å²) in [6.07, 6.45) is -1.15. The van der Waals surface area contributed by atoms with Crippen molar-refractivity contribution in [3.63, 3.8) is 0 Å². The maximum absolute atomic E-state index is 12.7. The Morgan fingerprint density at radius 1 is 0.971 bits per heavy atom. The molecule has 0 heterocycles. The Morgan fingerprint density at radius 2 is 1.51 bits per heavy atom. The zero-order chi connectivity index (χ0) is 25.8. The predicted octanol–water partition coefficient (Wildman–Crippen LogP) is 3.67. The van der Waals surface area contributed by atoms with Crippen molar-refractivity contribution >= 4 is 18.0 Å². The molecular formula is C27H34N2O6. The van der Waals surface area contributed by atoms with Crippen molar-refractivity contribution < 1.29 is 29.3 Å². The van der Waals surface area contributed by atoms with Gasteiger partial charge in [-0.1, -0.05) is 69.3 Å². The highest BCUT2D eigenvalue weighted by Crippen LogP contribution is 2.44. The van der Waals surface area contributed by atoms with Gasteiger partial charge in [0.25, 0.3) is 0 Å². The second-order valence-corrected chi connectivity index (χ2v) is 10.4. The zero-order valence-corrected chi connectivity index (χ0v) is 20.6. The van der Waals surface area contributed by atoms with Gasteiger partial charge in [0, 0.05) is 24.9 Å². The van der Waals surface area contributed by atoms with Crippen molar-refractivity contribution in [2.45, 2.75) is 58.1 Å². The molecule has 2 aromatic carbocycles. The Hall–Kier alpha value is -3.39. The summed E-state index contributed by atoms with van der Waals surface area (Å²) in [6.45, 7) is 7.00. The lowest BCUT2D eigenvalue weighted by Crippen LogP contribution is -2.49. The van der Waals surface area contributed by atoms with Crippen molar-refractivity contribution in [3.8, 4) is 11.1 Å². The minimum absolute atomic E-state index is 0.0448. The molecule has 2 atom stereocenters. The van der Waals surface area contributed by atoms with Crippen molar-refractivity contribution in [2.24, 2.45) is 5.41 Å². The van der Waals surface area contributed by atoms with E-state index < -0.39 is 41.4 Å². The topological polar surface area (TPSA) is 125 Å². The molecule has 2 amide bonds. The van der Waals surface area contributed by atoms with E-state index in [1.807, 2.05) is 57.2 Å². The quantitative estimate of drug-likeness (QED) is 0.432. The molecule has 0 aromatic heterocycles. The second-order valence-electron chi connectivity index (χ2n) is 10.4. The molecule has 0 saturated heterocycles. The zero-order valence-electron chi connectivity index (χ0n) is 20.6. The number of benzene rings is 2. The minimum Gasteiger partial charge on any atom is -0.481 e. The number of fused-ring (bicyclic) bond motifs is 3. The normalized spacial score (nSPS) is 15.3. The Balaban J connectivity index is 1.60. The number of carbonyl (C=O) groups excluding carboxylic acids is 2. The number of hydrogen-bond donors (Lipinski definition) is 4. The third-order valence-electron chi connectivity index (χ3n) is 6.27. The molecule has 0 radical (unpaired) electrons. The first-order valence-corrected chi connectivity index (χ1v) is 11.7. The summed E-state index contributed by atoms with van der Waals surface area (Å²) < 4.78 is 5.62. The first-order valence-electron chi connectivity index (χ1n) is 11.7. The molecular weight excluding hydrogens is 448 g/mol. The summed E-state index contributed by atoms with van der Waals surface area (Å²) in [6, 6.07) is 15.6. The maximum Gasteiger partial charge on any atom is 0.407 e. The number of ether oxygens (including phenoxy) is 1. The maximum atomic E-state index is 12.7. The Morgan fingerprint density at radius 3 is 2.03 bits per heavy atom. The SMILES string of the molecule is CC(O)(CNC(=O)CC(NC(=O)OCC1c2ccccc2-c2ccccc21)C(C)(C)C)CC(=O)O. The minimum atomic E-state index is -1.57. The lowest BCUT2D eigenvalue weighted by Gasteiger charge is -2.31. The van der Waals surface area contributed by atoms with Gasteiger partial charge >= 0.3 is 12.1 Å². The molecule has 4 N–H and O–H groups in total. The average molecular weight is 483 g/mol. The first-order chi connectivity index (χ1) is 16.4. The van der Waals surface area contributed by atoms with Gasteiger partial charge in [-0.25, -0.2) is 4.79 Å². The molecule has 0 fully saturated rings.